The van der Waals surface area contributed by atoms with Crippen molar-refractivity contribution in [1.29, 1.82) is 0 Å². The van der Waals surface area contributed by atoms with Crippen LogP contribution in [0.4, 0.5) is 5.69 Å². The predicted octanol–water partition coefficient (Wildman–Crippen LogP) is 4.22. The van der Waals surface area contributed by atoms with Crippen LogP contribution in [0, 0.1) is 10.1 Å². The number of thioether (sulfide) groups is 1. The molecule has 0 bridgehead atoms. The van der Waals surface area contributed by atoms with E-state index in [0.29, 0.717) is 0 Å². The number of nitrogens with one attached hydrogen (secondary N) is 1. The first-order valence-corrected chi connectivity index (χ1v) is 8.40. The molecule has 5 nitrogen and oxygen atoms in total. The lowest BCUT2D eigenvalue weighted by molar-refractivity contribution is -0.385. The largest absolute Gasteiger partial charge is 0.345 e. The third-order valence-corrected chi connectivity index (χ3v) is 5.12. The second-order valence-electron chi connectivity index (χ2n) is 5.09. The maximum Gasteiger partial charge on any atom is 0.283 e. The predicted molar refractivity (Wildman–Crippen MR) is 90.1 cm³/mol. The van der Waals surface area contributed by atoms with E-state index >= 15 is 0 Å². The fraction of sp³-hybridized carbons (Fsp3) is 0.188. The van der Waals surface area contributed by atoms with E-state index < -0.39 is 10.8 Å². The van der Waals surface area contributed by atoms with Crippen LogP contribution in [0.3, 0.4) is 0 Å². The minimum absolute atomic E-state index is 0.0789. The van der Waals surface area contributed by atoms with Crippen molar-refractivity contribution in [2.75, 3.05) is 5.75 Å². The van der Waals surface area contributed by atoms with Crippen LogP contribution < -0.4 is 5.32 Å². The van der Waals surface area contributed by atoms with Gasteiger partial charge < -0.3 is 5.32 Å². The topological polar surface area (TPSA) is 72.2 Å². The van der Waals surface area contributed by atoms with Gasteiger partial charge in [-0.3, -0.25) is 14.9 Å². The highest BCUT2D eigenvalue weighted by Gasteiger charge is 2.27. The lowest BCUT2D eigenvalue weighted by Gasteiger charge is -2.26. The summed E-state index contributed by atoms with van der Waals surface area (Å²) in [5.74, 6) is 0.362. The fourth-order valence-electron chi connectivity index (χ4n) is 2.61. The Labute approximate surface area is 142 Å². The average Bonchev–Trinajstić information content (AvgIpc) is 2.54. The van der Waals surface area contributed by atoms with Gasteiger partial charge in [0.1, 0.15) is 5.56 Å². The number of hydrogen-bond donors (Lipinski definition) is 1. The molecule has 118 valence electrons. The van der Waals surface area contributed by atoms with Gasteiger partial charge in [-0.25, -0.2) is 0 Å². The summed E-state index contributed by atoms with van der Waals surface area (Å²) in [6.45, 7) is 0. The van der Waals surface area contributed by atoms with Crippen LogP contribution in [0.25, 0.3) is 0 Å². The van der Waals surface area contributed by atoms with Crippen molar-refractivity contribution >= 4 is 35.0 Å². The molecule has 0 aromatic heterocycles. The van der Waals surface area contributed by atoms with E-state index in [1.807, 2.05) is 24.3 Å². The molecule has 1 heterocycles. The van der Waals surface area contributed by atoms with Crippen molar-refractivity contribution < 1.29 is 9.72 Å². The first-order valence-electron chi connectivity index (χ1n) is 7.03. The quantitative estimate of drug-likeness (QED) is 0.666. The summed E-state index contributed by atoms with van der Waals surface area (Å²) in [5, 5.41) is 14.1. The summed E-state index contributed by atoms with van der Waals surface area (Å²) < 4.78 is 0. The lowest BCUT2D eigenvalue weighted by atomic mass is 10.0. The number of nitro benzene ring substituents is 1. The van der Waals surface area contributed by atoms with Crippen LogP contribution in [0.2, 0.25) is 5.02 Å². The number of halogens is 1. The first-order chi connectivity index (χ1) is 11.1. The number of rotatable bonds is 3. The van der Waals surface area contributed by atoms with Crippen LogP contribution >= 0.6 is 23.4 Å². The summed E-state index contributed by atoms with van der Waals surface area (Å²) in [5.41, 5.74) is 0.662. The van der Waals surface area contributed by atoms with E-state index in [2.05, 4.69) is 5.32 Å². The van der Waals surface area contributed by atoms with Gasteiger partial charge in [0.2, 0.25) is 0 Å². The number of carbonyl (C=O) groups excluding carboxylic acids is 1. The van der Waals surface area contributed by atoms with Gasteiger partial charge >= 0.3 is 0 Å². The molecule has 3 rings (SSSR count). The van der Waals surface area contributed by atoms with Crippen molar-refractivity contribution in [1.82, 2.24) is 5.32 Å². The Bertz CT molecular complexity index is 782. The number of carbonyl (C=O) groups is 1. The molecule has 1 aliphatic heterocycles. The van der Waals surface area contributed by atoms with Gasteiger partial charge in [-0.15, -0.1) is 11.8 Å². The van der Waals surface area contributed by atoms with Gasteiger partial charge in [0.05, 0.1) is 16.0 Å². The van der Waals surface area contributed by atoms with Gasteiger partial charge in [0, 0.05) is 16.7 Å². The maximum atomic E-state index is 12.6. The molecule has 1 amide bonds. The average molecular weight is 349 g/mol. The third kappa shape index (κ3) is 3.18. The van der Waals surface area contributed by atoms with Crippen LogP contribution in [0.15, 0.2) is 47.4 Å². The first kappa shape index (κ1) is 15.8. The highest BCUT2D eigenvalue weighted by atomic mass is 35.5. The Morgan fingerprint density at radius 3 is 2.83 bits per heavy atom. The van der Waals surface area contributed by atoms with Crippen molar-refractivity contribution in [3.63, 3.8) is 0 Å². The monoisotopic (exact) mass is 348 g/mol. The van der Waals surface area contributed by atoms with E-state index in [1.54, 1.807) is 11.8 Å². The number of benzene rings is 2. The van der Waals surface area contributed by atoms with Crippen LogP contribution in [-0.2, 0) is 0 Å². The van der Waals surface area contributed by atoms with Crippen LogP contribution in [0.1, 0.15) is 28.4 Å². The Morgan fingerprint density at radius 1 is 1.26 bits per heavy atom. The molecule has 1 N–H and O–H groups in total. The van der Waals surface area contributed by atoms with E-state index in [0.717, 1.165) is 22.6 Å². The Kier molecular flexibility index (Phi) is 4.54. The molecule has 0 aliphatic carbocycles. The number of fused-ring (bicyclic) bond motifs is 1. The molecule has 1 aliphatic rings. The van der Waals surface area contributed by atoms with E-state index in [9.17, 15) is 14.9 Å². The minimum atomic E-state index is -0.592. The standard InChI is InChI=1S/C16H13ClN2O3S/c17-11-5-3-6-13(19(21)22)15(11)16(20)18-12-8-9-23-14-7-2-1-4-10(12)14/h1-7,12H,8-9H2,(H,18,20)/t12-/m1/s1. The van der Waals surface area contributed by atoms with E-state index in [-0.39, 0.29) is 22.3 Å². The number of nitro groups is 1. The summed E-state index contributed by atoms with van der Waals surface area (Å²) in [7, 11) is 0. The molecule has 2 aromatic rings. The zero-order chi connectivity index (χ0) is 16.4. The van der Waals surface area contributed by atoms with Gasteiger partial charge in [-0.05, 0) is 24.1 Å². The summed E-state index contributed by atoms with van der Waals surface area (Å²) in [6, 6.07) is 11.9. The number of amides is 1. The van der Waals surface area contributed by atoms with Crippen molar-refractivity contribution in [2.45, 2.75) is 17.4 Å². The molecule has 1 atom stereocenters. The number of hydrogen-bond acceptors (Lipinski definition) is 4. The third-order valence-electron chi connectivity index (χ3n) is 3.68. The molecule has 0 unspecified atom stereocenters. The molecule has 0 radical (unpaired) electrons. The smallest absolute Gasteiger partial charge is 0.283 e. The zero-order valence-corrected chi connectivity index (χ0v) is 13.6. The molecule has 7 heteroatoms. The minimum Gasteiger partial charge on any atom is -0.345 e. The second kappa shape index (κ2) is 6.60. The molecular weight excluding hydrogens is 336 g/mol. The second-order valence-corrected chi connectivity index (χ2v) is 6.64. The van der Waals surface area contributed by atoms with Crippen molar-refractivity contribution in [3.05, 3.63) is 68.7 Å². The van der Waals surface area contributed by atoms with E-state index in [4.69, 9.17) is 11.6 Å². The molecule has 23 heavy (non-hydrogen) atoms. The Hall–Kier alpha value is -2.05. The fourth-order valence-corrected chi connectivity index (χ4v) is 3.99. The number of nitrogens with zero attached hydrogens (tertiary/aromatic N) is 1. The summed E-state index contributed by atoms with van der Waals surface area (Å²) >= 11 is 7.76. The van der Waals surface area contributed by atoms with Gasteiger partial charge in [-0.2, -0.15) is 0 Å². The van der Waals surface area contributed by atoms with Crippen LogP contribution in [-0.4, -0.2) is 16.6 Å². The SMILES string of the molecule is O=C(N[C@@H]1CCSc2ccccc21)c1c(Cl)cccc1[N+](=O)[O-]. The molecule has 0 fully saturated rings. The summed E-state index contributed by atoms with van der Waals surface area (Å²) in [4.78, 5) is 24.2. The van der Waals surface area contributed by atoms with Crippen LogP contribution in [0.5, 0.6) is 0 Å². The van der Waals surface area contributed by atoms with E-state index in [1.165, 1.54) is 18.2 Å². The maximum absolute atomic E-state index is 12.6. The molecule has 0 saturated carbocycles. The highest BCUT2D eigenvalue weighted by Crippen LogP contribution is 2.36. The normalized spacial score (nSPS) is 16.5. The highest BCUT2D eigenvalue weighted by molar-refractivity contribution is 7.99. The molecule has 0 spiro atoms. The van der Waals surface area contributed by atoms with Gasteiger partial charge in [0.25, 0.3) is 11.6 Å². The summed E-state index contributed by atoms with van der Waals surface area (Å²) in [6.07, 6.45) is 0.770. The zero-order valence-electron chi connectivity index (χ0n) is 12.0. The molecule has 2 aromatic carbocycles. The van der Waals surface area contributed by atoms with Crippen molar-refractivity contribution in [2.24, 2.45) is 0 Å². The van der Waals surface area contributed by atoms with Gasteiger partial charge in [0.15, 0.2) is 0 Å². The van der Waals surface area contributed by atoms with Crippen molar-refractivity contribution in [3.8, 4) is 0 Å². The Balaban J connectivity index is 1.91. The Morgan fingerprint density at radius 2 is 2.04 bits per heavy atom. The molecular formula is C16H13ClN2O3S. The lowest BCUT2D eigenvalue weighted by Crippen LogP contribution is -2.31. The van der Waals surface area contributed by atoms with Gasteiger partial charge in [-0.1, -0.05) is 35.9 Å². The molecule has 0 saturated heterocycles.